The molecule has 4 amide bonds. The topological polar surface area (TPSA) is 88.2 Å². The summed E-state index contributed by atoms with van der Waals surface area (Å²) in [6.45, 7) is 7.29. The fraction of sp³-hybridized carbons (Fsp3) is 0.500. The number of anilines is 1. The molecule has 2 atom stereocenters. The zero-order valence-corrected chi connectivity index (χ0v) is 21.2. The van der Waals surface area contributed by atoms with Crippen molar-refractivity contribution in [2.45, 2.75) is 52.1 Å². The molecule has 1 aromatic carbocycles. The molecule has 2 aromatic rings. The molecule has 2 fully saturated rings. The molecule has 186 valence electrons. The molecule has 1 aromatic heterocycles. The van der Waals surface area contributed by atoms with Gasteiger partial charge in [-0.25, -0.2) is 4.79 Å². The van der Waals surface area contributed by atoms with Gasteiger partial charge in [0, 0.05) is 16.6 Å². The quantitative estimate of drug-likeness (QED) is 0.626. The van der Waals surface area contributed by atoms with Crippen molar-refractivity contribution in [2.24, 2.45) is 11.3 Å². The first-order valence-electron chi connectivity index (χ1n) is 12.0. The molecule has 3 heterocycles. The maximum absolute atomic E-state index is 13.6. The van der Waals surface area contributed by atoms with Gasteiger partial charge in [0.2, 0.25) is 5.91 Å². The third kappa shape index (κ3) is 4.61. The predicted octanol–water partition coefficient (Wildman–Crippen LogP) is 4.19. The van der Waals surface area contributed by atoms with Crippen molar-refractivity contribution in [3.8, 4) is 11.5 Å². The first kappa shape index (κ1) is 23.7. The Balaban J connectivity index is 1.40. The Morgan fingerprint density at radius 3 is 2.66 bits per heavy atom. The summed E-state index contributed by atoms with van der Waals surface area (Å²) in [6, 6.07) is 8.76. The summed E-state index contributed by atoms with van der Waals surface area (Å²) in [5.74, 6) is 0.873. The standard InChI is InChI=1S/C26H31N3O5S/c1-17-12-25(2,3)16-26(13-17)23(31)29(24(32)27-26)15-22(30)28(14-19-5-4-10-35-19)18-6-7-20-21(11-18)34-9-8-33-20/h4-7,10-11,17H,8-9,12-16H2,1-3H3,(H,27,32). The van der Waals surface area contributed by atoms with Crippen LogP contribution in [0, 0.1) is 11.3 Å². The SMILES string of the molecule is CC1CC(C)(C)CC2(C1)NC(=O)N(CC(=O)N(Cc1cccs1)c1ccc3c(c1)OCCO3)C2=O. The number of nitrogens with zero attached hydrogens (tertiary/aromatic N) is 2. The van der Waals surface area contributed by atoms with Crippen molar-refractivity contribution in [1.82, 2.24) is 10.2 Å². The van der Waals surface area contributed by atoms with E-state index in [-0.39, 0.29) is 23.8 Å². The number of urea groups is 1. The van der Waals surface area contributed by atoms with Gasteiger partial charge in [-0.2, -0.15) is 0 Å². The zero-order valence-electron chi connectivity index (χ0n) is 20.3. The first-order valence-corrected chi connectivity index (χ1v) is 12.9. The highest BCUT2D eigenvalue weighted by Gasteiger charge is 2.56. The Morgan fingerprint density at radius 2 is 1.94 bits per heavy atom. The average molecular weight is 498 g/mol. The lowest BCUT2D eigenvalue weighted by molar-refractivity contribution is -0.137. The number of fused-ring (bicyclic) bond motifs is 1. The first-order chi connectivity index (χ1) is 16.7. The summed E-state index contributed by atoms with van der Waals surface area (Å²) in [5.41, 5.74) is -0.382. The van der Waals surface area contributed by atoms with E-state index in [1.165, 1.54) is 0 Å². The smallest absolute Gasteiger partial charge is 0.325 e. The van der Waals surface area contributed by atoms with Crippen LogP contribution in [0.25, 0.3) is 0 Å². The van der Waals surface area contributed by atoms with Gasteiger partial charge in [-0.15, -0.1) is 11.3 Å². The molecule has 0 radical (unpaired) electrons. The van der Waals surface area contributed by atoms with Crippen molar-refractivity contribution in [2.75, 3.05) is 24.7 Å². The van der Waals surface area contributed by atoms with Crippen molar-refractivity contribution in [1.29, 1.82) is 0 Å². The van der Waals surface area contributed by atoms with E-state index >= 15 is 0 Å². The van der Waals surface area contributed by atoms with Gasteiger partial charge in [-0.1, -0.05) is 26.8 Å². The Labute approximate surface area is 209 Å². The molecule has 2 unspecified atom stereocenters. The molecule has 5 rings (SSSR count). The highest BCUT2D eigenvalue weighted by molar-refractivity contribution is 7.09. The molecule has 1 N–H and O–H groups in total. The lowest BCUT2D eigenvalue weighted by atomic mass is 9.64. The number of hydrogen-bond donors (Lipinski definition) is 1. The molecule has 1 saturated carbocycles. The van der Waals surface area contributed by atoms with E-state index in [0.29, 0.717) is 55.7 Å². The fourth-order valence-corrected chi connectivity index (χ4v) is 6.64. The van der Waals surface area contributed by atoms with E-state index in [1.807, 2.05) is 17.5 Å². The Bertz CT molecular complexity index is 1150. The van der Waals surface area contributed by atoms with Crippen molar-refractivity contribution in [3.05, 3.63) is 40.6 Å². The van der Waals surface area contributed by atoms with Crippen LogP contribution in [-0.2, 0) is 16.1 Å². The van der Waals surface area contributed by atoms with Gasteiger partial charge in [0.15, 0.2) is 11.5 Å². The highest BCUT2D eigenvalue weighted by atomic mass is 32.1. The van der Waals surface area contributed by atoms with Crippen LogP contribution in [0.15, 0.2) is 35.7 Å². The number of thiophene rings is 1. The molecular formula is C26H31N3O5S. The van der Waals surface area contributed by atoms with Crippen LogP contribution in [0.5, 0.6) is 11.5 Å². The average Bonchev–Trinajstić information content (AvgIpc) is 3.38. The zero-order chi connectivity index (χ0) is 24.8. The number of carbonyl (C=O) groups is 3. The molecule has 8 nitrogen and oxygen atoms in total. The third-order valence-corrected chi connectivity index (χ3v) is 7.81. The van der Waals surface area contributed by atoms with Crippen LogP contribution >= 0.6 is 11.3 Å². The lowest BCUT2D eigenvalue weighted by Crippen LogP contribution is -2.54. The van der Waals surface area contributed by atoms with Gasteiger partial charge in [-0.3, -0.25) is 14.5 Å². The maximum Gasteiger partial charge on any atom is 0.325 e. The third-order valence-electron chi connectivity index (χ3n) is 6.95. The van der Waals surface area contributed by atoms with E-state index in [4.69, 9.17) is 9.47 Å². The summed E-state index contributed by atoms with van der Waals surface area (Å²) < 4.78 is 11.3. The van der Waals surface area contributed by atoms with Gasteiger partial charge in [0.25, 0.3) is 5.91 Å². The number of imide groups is 1. The number of amides is 4. The number of ether oxygens (including phenoxy) is 2. The molecule has 1 spiro atoms. The summed E-state index contributed by atoms with van der Waals surface area (Å²) in [4.78, 5) is 43.9. The number of rotatable bonds is 5. The van der Waals surface area contributed by atoms with Crippen LogP contribution in [-0.4, -0.2) is 48.0 Å². The van der Waals surface area contributed by atoms with Crippen LogP contribution < -0.4 is 19.7 Å². The molecule has 3 aliphatic rings. The van der Waals surface area contributed by atoms with Gasteiger partial charge in [-0.05, 0) is 54.2 Å². The Kier molecular flexibility index (Phi) is 5.99. The van der Waals surface area contributed by atoms with Crippen molar-refractivity contribution < 1.29 is 23.9 Å². The minimum Gasteiger partial charge on any atom is -0.486 e. The second-order valence-corrected chi connectivity index (χ2v) is 11.7. The minimum atomic E-state index is -0.936. The van der Waals surface area contributed by atoms with Crippen LogP contribution in [0.4, 0.5) is 10.5 Å². The second kappa shape index (κ2) is 8.86. The predicted molar refractivity (Wildman–Crippen MR) is 133 cm³/mol. The second-order valence-electron chi connectivity index (χ2n) is 10.6. The molecular weight excluding hydrogens is 466 g/mol. The molecule has 2 aliphatic heterocycles. The number of nitrogens with one attached hydrogen (secondary N) is 1. The molecule has 9 heteroatoms. The molecule has 1 saturated heterocycles. The van der Waals surface area contributed by atoms with E-state index < -0.39 is 11.6 Å². The number of carbonyl (C=O) groups excluding carboxylic acids is 3. The van der Waals surface area contributed by atoms with E-state index in [9.17, 15) is 14.4 Å². The number of benzene rings is 1. The Hall–Kier alpha value is -3.07. The Morgan fingerprint density at radius 1 is 1.17 bits per heavy atom. The molecule has 35 heavy (non-hydrogen) atoms. The lowest BCUT2D eigenvalue weighted by Gasteiger charge is -2.43. The molecule has 0 bridgehead atoms. The highest BCUT2D eigenvalue weighted by Crippen LogP contribution is 2.46. The van der Waals surface area contributed by atoms with Crippen molar-refractivity contribution in [3.63, 3.8) is 0 Å². The summed E-state index contributed by atoms with van der Waals surface area (Å²) in [5, 5.41) is 4.91. The van der Waals surface area contributed by atoms with E-state index in [2.05, 4.69) is 26.1 Å². The van der Waals surface area contributed by atoms with E-state index in [1.54, 1.807) is 34.4 Å². The largest absolute Gasteiger partial charge is 0.486 e. The van der Waals surface area contributed by atoms with Gasteiger partial charge < -0.3 is 19.7 Å². The van der Waals surface area contributed by atoms with Crippen LogP contribution in [0.2, 0.25) is 0 Å². The normalized spacial score (nSPS) is 25.0. The summed E-state index contributed by atoms with van der Waals surface area (Å²) >= 11 is 1.54. The minimum absolute atomic E-state index is 0.0724. The van der Waals surface area contributed by atoms with E-state index in [0.717, 1.165) is 16.2 Å². The van der Waals surface area contributed by atoms with Gasteiger partial charge in [0.05, 0.1) is 6.54 Å². The fourth-order valence-electron chi connectivity index (χ4n) is 5.95. The maximum atomic E-state index is 13.6. The monoisotopic (exact) mass is 497 g/mol. The summed E-state index contributed by atoms with van der Waals surface area (Å²) in [7, 11) is 0. The van der Waals surface area contributed by atoms with Crippen molar-refractivity contribution >= 4 is 34.9 Å². The van der Waals surface area contributed by atoms with Gasteiger partial charge >= 0.3 is 6.03 Å². The molecule has 1 aliphatic carbocycles. The van der Waals surface area contributed by atoms with Gasteiger partial charge in [0.1, 0.15) is 25.3 Å². The van der Waals surface area contributed by atoms with Crippen LogP contribution in [0.3, 0.4) is 0 Å². The summed E-state index contributed by atoms with van der Waals surface area (Å²) in [6.07, 6.45) is 2.16. The number of hydrogen-bond acceptors (Lipinski definition) is 6. The van der Waals surface area contributed by atoms with Crippen LogP contribution in [0.1, 0.15) is 44.9 Å².